The topological polar surface area (TPSA) is 81.5 Å². The van der Waals surface area contributed by atoms with Crippen LogP contribution in [-0.2, 0) is 4.79 Å². The molecule has 136 valence electrons. The molecule has 1 heterocycles. The number of hydrogen-bond acceptors (Lipinski definition) is 4. The fraction of sp³-hybridized carbons (Fsp3) is 0.200. The van der Waals surface area contributed by atoms with Gasteiger partial charge >= 0.3 is 0 Å². The zero-order chi connectivity index (χ0) is 19.6. The van der Waals surface area contributed by atoms with Crippen LogP contribution < -0.4 is 4.90 Å². The van der Waals surface area contributed by atoms with Crippen LogP contribution in [0.3, 0.4) is 0 Å². The third kappa shape index (κ3) is 3.17. The molecule has 1 aliphatic heterocycles. The predicted octanol–water partition coefficient (Wildman–Crippen LogP) is 2.76. The summed E-state index contributed by atoms with van der Waals surface area (Å²) in [6.07, 6.45) is -0.0189. The average molecular weight is 365 g/mol. The van der Waals surface area contributed by atoms with E-state index in [1.54, 1.807) is 18.2 Å². The molecule has 1 aliphatic rings. The van der Waals surface area contributed by atoms with Crippen molar-refractivity contribution >= 4 is 23.4 Å². The van der Waals surface area contributed by atoms with Gasteiger partial charge in [-0.1, -0.05) is 24.3 Å². The highest BCUT2D eigenvalue weighted by Crippen LogP contribution is 2.27. The van der Waals surface area contributed by atoms with Crippen molar-refractivity contribution in [1.82, 2.24) is 4.90 Å². The molecule has 27 heavy (non-hydrogen) atoms. The fourth-order valence-corrected chi connectivity index (χ4v) is 3.08. The monoisotopic (exact) mass is 365 g/mol. The van der Waals surface area contributed by atoms with E-state index < -0.39 is 29.6 Å². The minimum atomic E-state index is -1.14. The number of halogens is 1. The van der Waals surface area contributed by atoms with Crippen LogP contribution in [0.5, 0.6) is 0 Å². The number of nitriles is 1. The first-order valence-electron chi connectivity index (χ1n) is 8.37. The van der Waals surface area contributed by atoms with E-state index in [1.807, 2.05) is 6.07 Å². The van der Waals surface area contributed by atoms with Crippen molar-refractivity contribution in [2.45, 2.75) is 19.4 Å². The third-order valence-electron chi connectivity index (χ3n) is 4.43. The summed E-state index contributed by atoms with van der Waals surface area (Å²) in [4.78, 5) is 40.2. The van der Waals surface area contributed by atoms with Gasteiger partial charge in [0.15, 0.2) is 0 Å². The summed E-state index contributed by atoms with van der Waals surface area (Å²) in [5.74, 6) is -2.39. The largest absolute Gasteiger partial charge is 0.307 e. The summed E-state index contributed by atoms with van der Waals surface area (Å²) in [6, 6.07) is 12.8. The van der Waals surface area contributed by atoms with Crippen molar-refractivity contribution in [2.24, 2.45) is 0 Å². The Morgan fingerprint density at radius 3 is 2.22 bits per heavy atom. The van der Waals surface area contributed by atoms with Gasteiger partial charge in [-0.25, -0.2) is 4.39 Å². The Labute approximate surface area is 155 Å². The van der Waals surface area contributed by atoms with Crippen LogP contribution in [0.15, 0.2) is 48.5 Å². The second-order valence-corrected chi connectivity index (χ2v) is 6.05. The van der Waals surface area contributed by atoms with E-state index >= 15 is 0 Å². The summed E-state index contributed by atoms with van der Waals surface area (Å²) in [7, 11) is 0. The number of benzene rings is 2. The molecule has 0 bridgehead atoms. The molecule has 6 nitrogen and oxygen atoms in total. The van der Waals surface area contributed by atoms with Crippen LogP contribution in [0.1, 0.15) is 34.1 Å². The van der Waals surface area contributed by atoms with Gasteiger partial charge in [0.1, 0.15) is 11.9 Å². The third-order valence-corrected chi connectivity index (χ3v) is 4.43. The van der Waals surface area contributed by atoms with Crippen molar-refractivity contribution in [2.75, 3.05) is 11.4 Å². The molecule has 3 amide bonds. The first-order chi connectivity index (χ1) is 13.0. The van der Waals surface area contributed by atoms with Gasteiger partial charge in [0.05, 0.1) is 29.3 Å². The molecule has 0 radical (unpaired) electrons. The van der Waals surface area contributed by atoms with Crippen molar-refractivity contribution in [3.8, 4) is 6.07 Å². The highest BCUT2D eigenvalue weighted by atomic mass is 19.1. The number of rotatable bonds is 5. The lowest BCUT2D eigenvalue weighted by molar-refractivity contribution is -0.122. The van der Waals surface area contributed by atoms with E-state index in [2.05, 4.69) is 0 Å². The van der Waals surface area contributed by atoms with E-state index in [9.17, 15) is 18.8 Å². The van der Waals surface area contributed by atoms with Gasteiger partial charge in [-0.3, -0.25) is 19.3 Å². The summed E-state index contributed by atoms with van der Waals surface area (Å²) in [6.45, 7) is 1.37. The molecule has 2 aromatic carbocycles. The number of anilines is 1. The molecular formula is C20H16FN3O3. The molecule has 0 aromatic heterocycles. The van der Waals surface area contributed by atoms with Crippen molar-refractivity contribution in [3.63, 3.8) is 0 Å². The van der Waals surface area contributed by atoms with Crippen LogP contribution in [0, 0.1) is 17.1 Å². The Kier molecular flexibility index (Phi) is 4.99. The van der Waals surface area contributed by atoms with E-state index in [0.29, 0.717) is 0 Å². The minimum Gasteiger partial charge on any atom is -0.307 e. The molecule has 3 rings (SSSR count). The highest BCUT2D eigenvalue weighted by molar-refractivity contribution is 6.23. The average Bonchev–Trinajstić information content (AvgIpc) is 2.93. The number of para-hydroxylation sites is 1. The summed E-state index contributed by atoms with van der Waals surface area (Å²) >= 11 is 0. The maximum atomic E-state index is 14.2. The van der Waals surface area contributed by atoms with E-state index in [4.69, 9.17) is 5.26 Å². The van der Waals surface area contributed by atoms with Gasteiger partial charge < -0.3 is 4.90 Å². The Hall–Kier alpha value is -3.53. The van der Waals surface area contributed by atoms with E-state index in [0.717, 1.165) is 9.80 Å². The molecule has 0 N–H and O–H groups in total. The quantitative estimate of drug-likeness (QED) is 0.763. The maximum Gasteiger partial charge on any atom is 0.262 e. The molecule has 0 unspecified atom stereocenters. The maximum absolute atomic E-state index is 14.2. The van der Waals surface area contributed by atoms with Gasteiger partial charge in [0, 0.05) is 6.54 Å². The summed E-state index contributed by atoms with van der Waals surface area (Å²) in [5, 5.41) is 8.87. The number of fused-ring (bicyclic) bond motifs is 1. The Balaban J connectivity index is 1.93. The second-order valence-electron chi connectivity index (χ2n) is 6.05. The van der Waals surface area contributed by atoms with Gasteiger partial charge in [0.2, 0.25) is 5.91 Å². The number of hydrogen-bond donors (Lipinski definition) is 0. The zero-order valence-corrected chi connectivity index (χ0v) is 14.6. The van der Waals surface area contributed by atoms with E-state index in [-0.39, 0.29) is 29.8 Å². The first-order valence-corrected chi connectivity index (χ1v) is 8.37. The zero-order valence-electron chi connectivity index (χ0n) is 14.6. The molecule has 7 heteroatoms. The molecular weight excluding hydrogens is 349 g/mol. The number of imide groups is 1. The Morgan fingerprint density at radius 1 is 1.11 bits per heavy atom. The van der Waals surface area contributed by atoms with Crippen LogP contribution >= 0.6 is 0 Å². The standard InChI is InChI=1S/C20H16FN3O3/c1-13(24-19(26)14-7-2-3-8-15(14)20(24)27)18(25)23(12-6-11-22)17-10-5-4-9-16(17)21/h2-5,7-10,13H,6,12H2,1H3/t13-/m1/s1. The smallest absolute Gasteiger partial charge is 0.262 e. The van der Waals surface area contributed by atoms with Crippen molar-refractivity contribution in [3.05, 3.63) is 65.5 Å². The molecule has 0 saturated carbocycles. The van der Waals surface area contributed by atoms with Crippen LogP contribution in [-0.4, -0.2) is 35.2 Å². The lowest BCUT2D eigenvalue weighted by Gasteiger charge is -2.29. The molecule has 0 spiro atoms. The van der Waals surface area contributed by atoms with E-state index in [1.165, 1.54) is 37.3 Å². The number of nitrogens with zero attached hydrogens (tertiary/aromatic N) is 3. The van der Waals surface area contributed by atoms with Crippen LogP contribution in [0.25, 0.3) is 0 Å². The van der Waals surface area contributed by atoms with Crippen LogP contribution in [0.2, 0.25) is 0 Å². The second kappa shape index (κ2) is 7.38. The molecule has 1 atom stereocenters. The molecule has 0 saturated heterocycles. The Morgan fingerprint density at radius 2 is 1.67 bits per heavy atom. The van der Waals surface area contributed by atoms with Crippen molar-refractivity contribution < 1.29 is 18.8 Å². The first kappa shape index (κ1) is 18.3. The molecule has 0 fully saturated rings. The number of carbonyl (C=O) groups is 3. The molecule has 0 aliphatic carbocycles. The number of amides is 3. The minimum absolute atomic E-state index is 0.00112. The molecule has 2 aromatic rings. The van der Waals surface area contributed by atoms with Crippen molar-refractivity contribution in [1.29, 1.82) is 5.26 Å². The van der Waals surface area contributed by atoms with Crippen LogP contribution in [0.4, 0.5) is 10.1 Å². The summed E-state index contributed by atoms with van der Waals surface area (Å²) < 4.78 is 14.2. The van der Waals surface area contributed by atoms with Gasteiger partial charge in [-0.05, 0) is 31.2 Å². The summed E-state index contributed by atoms with van der Waals surface area (Å²) in [5.41, 5.74) is 0.467. The normalized spacial score (nSPS) is 13.9. The number of carbonyl (C=O) groups excluding carboxylic acids is 3. The fourth-order valence-electron chi connectivity index (χ4n) is 3.08. The van der Waals surface area contributed by atoms with Gasteiger partial charge in [-0.2, -0.15) is 5.26 Å². The Bertz CT molecular complexity index is 932. The van der Waals surface area contributed by atoms with Gasteiger partial charge in [-0.15, -0.1) is 0 Å². The van der Waals surface area contributed by atoms with Gasteiger partial charge in [0.25, 0.3) is 11.8 Å². The SMILES string of the molecule is C[C@H](C(=O)N(CCC#N)c1ccccc1F)N1C(=O)c2ccccc2C1=O. The lowest BCUT2D eigenvalue weighted by Crippen LogP contribution is -2.50. The predicted molar refractivity (Wildman–Crippen MR) is 95.4 cm³/mol. The highest BCUT2D eigenvalue weighted by Gasteiger charge is 2.42. The lowest BCUT2D eigenvalue weighted by atomic mass is 10.1.